The molecule has 0 bridgehead atoms. The maximum atomic E-state index is 5.67. The van der Waals surface area contributed by atoms with E-state index in [1.54, 1.807) is 21.3 Å². The third kappa shape index (κ3) is 4.68. The molecular weight excluding hydrogens is 344 g/mol. The number of hydrogen-bond acceptors (Lipinski definition) is 6. The van der Waals surface area contributed by atoms with Gasteiger partial charge in [-0.2, -0.15) is 0 Å². The average Bonchev–Trinajstić information content (AvgIpc) is 2.74. The van der Waals surface area contributed by atoms with Gasteiger partial charge in [0.1, 0.15) is 5.75 Å². The predicted molar refractivity (Wildman–Crippen MR) is 106 cm³/mol. The van der Waals surface area contributed by atoms with Crippen molar-refractivity contribution in [3.8, 4) is 17.2 Å². The summed E-state index contributed by atoms with van der Waals surface area (Å²) in [6.45, 7) is 5.84. The third-order valence-electron chi connectivity index (χ3n) is 6.01. The van der Waals surface area contributed by atoms with Gasteiger partial charge in [0.25, 0.3) is 0 Å². The minimum Gasteiger partial charge on any atom is -0.496 e. The van der Waals surface area contributed by atoms with E-state index in [2.05, 4.69) is 10.2 Å². The number of nitrogens with zero attached hydrogens (tertiary/aromatic N) is 1. The van der Waals surface area contributed by atoms with Gasteiger partial charge in [-0.1, -0.05) is 6.42 Å². The Bertz CT molecular complexity index is 596. The summed E-state index contributed by atoms with van der Waals surface area (Å²) < 4.78 is 22.1. The monoisotopic (exact) mass is 378 g/mol. The molecule has 0 aromatic heterocycles. The molecule has 3 rings (SSSR count). The van der Waals surface area contributed by atoms with Crippen molar-refractivity contribution in [1.82, 2.24) is 10.2 Å². The Labute approximate surface area is 163 Å². The number of hydrogen-bond donors (Lipinski definition) is 1. The summed E-state index contributed by atoms with van der Waals surface area (Å²) >= 11 is 0. The molecule has 6 nitrogen and oxygen atoms in total. The van der Waals surface area contributed by atoms with Crippen molar-refractivity contribution in [3.05, 3.63) is 17.7 Å². The summed E-state index contributed by atoms with van der Waals surface area (Å²) in [6, 6.07) is 3.90. The smallest absolute Gasteiger partial charge is 0.164 e. The first-order valence-corrected chi connectivity index (χ1v) is 10.0. The summed E-state index contributed by atoms with van der Waals surface area (Å²) in [4.78, 5) is 2.71. The van der Waals surface area contributed by atoms with Crippen LogP contribution in [0.3, 0.4) is 0 Å². The second-order valence-corrected chi connectivity index (χ2v) is 7.51. The van der Waals surface area contributed by atoms with Crippen LogP contribution in [0.4, 0.5) is 0 Å². The van der Waals surface area contributed by atoms with Crippen molar-refractivity contribution in [1.29, 1.82) is 0 Å². The van der Waals surface area contributed by atoms with E-state index >= 15 is 0 Å². The van der Waals surface area contributed by atoms with Crippen LogP contribution in [0.15, 0.2) is 12.1 Å². The maximum absolute atomic E-state index is 5.67. The zero-order valence-electron chi connectivity index (χ0n) is 17.0. The fourth-order valence-corrected chi connectivity index (χ4v) is 4.38. The van der Waals surface area contributed by atoms with Gasteiger partial charge in [-0.15, -0.1) is 0 Å². The zero-order valence-corrected chi connectivity index (χ0v) is 17.0. The molecule has 152 valence electrons. The lowest BCUT2D eigenvalue weighted by Gasteiger charge is -2.48. The first-order valence-electron chi connectivity index (χ1n) is 10.0. The molecule has 2 saturated heterocycles. The normalized spacial score (nSPS) is 20.3. The molecule has 0 radical (unpaired) electrons. The Balaban J connectivity index is 1.69. The van der Waals surface area contributed by atoms with Gasteiger partial charge in [0, 0.05) is 43.5 Å². The molecule has 0 aliphatic carbocycles. The Hall–Kier alpha value is -1.50. The molecule has 0 spiro atoms. The van der Waals surface area contributed by atoms with Gasteiger partial charge in [0.05, 0.1) is 21.3 Å². The second kappa shape index (κ2) is 9.62. The number of benzene rings is 1. The largest absolute Gasteiger partial charge is 0.496 e. The highest BCUT2D eigenvalue weighted by molar-refractivity contribution is 5.50. The molecule has 0 unspecified atom stereocenters. The van der Waals surface area contributed by atoms with E-state index in [0.29, 0.717) is 5.75 Å². The first-order chi connectivity index (χ1) is 13.2. The van der Waals surface area contributed by atoms with Gasteiger partial charge in [0.2, 0.25) is 0 Å². The fraction of sp³-hybridized carbons (Fsp3) is 0.714. The van der Waals surface area contributed by atoms with Crippen molar-refractivity contribution < 1.29 is 18.9 Å². The SMILES string of the molecule is COc1cc(OC)c(OC)cc1CNCC1(N2CCCCC2)CCOCC1. The lowest BCUT2D eigenvalue weighted by atomic mass is 9.86. The van der Waals surface area contributed by atoms with Crippen molar-refractivity contribution >= 4 is 0 Å². The lowest BCUT2D eigenvalue weighted by molar-refractivity contribution is -0.0358. The van der Waals surface area contributed by atoms with E-state index in [0.717, 1.165) is 56.2 Å². The van der Waals surface area contributed by atoms with Gasteiger partial charge in [0.15, 0.2) is 11.5 Å². The molecular formula is C21H34N2O4. The minimum atomic E-state index is 0.211. The van der Waals surface area contributed by atoms with Crippen LogP contribution in [-0.2, 0) is 11.3 Å². The number of methoxy groups -OCH3 is 3. The maximum Gasteiger partial charge on any atom is 0.164 e. The van der Waals surface area contributed by atoms with Gasteiger partial charge in [-0.05, 0) is 44.8 Å². The summed E-state index contributed by atoms with van der Waals surface area (Å²) in [5.74, 6) is 2.23. The van der Waals surface area contributed by atoms with Crippen LogP contribution in [0.5, 0.6) is 17.2 Å². The quantitative estimate of drug-likeness (QED) is 0.751. The Morgan fingerprint density at radius 2 is 1.56 bits per heavy atom. The van der Waals surface area contributed by atoms with Crippen LogP contribution in [0.25, 0.3) is 0 Å². The lowest BCUT2D eigenvalue weighted by Crippen LogP contribution is -2.59. The molecule has 6 heteroatoms. The average molecular weight is 379 g/mol. The molecule has 0 atom stereocenters. The van der Waals surface area contributed by atoms with Crippen molar-refractivity contribution in [2.24, 2.45) is 0 Å². The van der Waals surface area contributed by atoms with E-state index < -0.39 is 0 Å². The number of rotatable bonds is 8. The number of likely N-dealkylation sites (tertiary alicyclic amines) is 1. The molecule has 2 aliphatic heterocycles. The molecule has 2 aliphatic rings. The predicted octanol–water partition coefficient (Wildman–Crippen LogP) is 2.84. The molecule has 1 aromatic carbocycles. The van der Waals surface area contributed by atoms with Crippen LogP contribution < -0.4 is 19.5 Å². The summed E-state index contributed by atoms with van der Waals surface area (Å²) in [5, 5.41) is 3.70. The molecule has 1 aromatic rings. The zero-order chi connectivity index (χ0) is 19.1. The summed E-state index contributed by atoms with van der Waals surface area (Å²) in [5.41, 5.74) is 1.29. The highest BCUT2D eigenvalue weighted by Gasteiger charge is 2.38. The molecule has 2 heterocycles. The topological polar surface area (TPSA) is 52.2 Å². The highest BCUT2D eigenvalue weighted by Crippen LogP contribution is 2.35. The van der Waals surface area contributed by atoms with Crippen molar-refractivity contribution in [2.45, 2.75) is 44.2 Å². The van der Waals surface area contributed by atoms with Gasteiger partial charge in [-0.25, -0.2) is 0 Å². The molecule has 0 amide bonds. The number of nitrogens with one attached hydrogen (secondary N) is 1. The van der Waals surface area contributed by atoms with Crippen LogP contribution >= 0.6 is 0 Å². The number of ether oxygens (including phenoxy) is 4. The van der Waals surface area contributed by atoms with Crippen molar-refractivity contribution in [3.63, 3.8) is 0 Å². The minimum absolute atomic E-state index is 0.211. The molecule has 27 heavy (non-hydrogen) atoms. The molecule has 1 N–H and O–H groups in total. The van der Waals surface area contributed by atoms with Crippen LogP contribution in [-0.4, -0.2) is 64.6 Å². The fourth-order valence-electron chi connectivity index (χ4n) is 4.38. The second-order valence-electron chi connectivity index (χ2n) is 7.51. The Morgan fingerprint density at radius 3 is 2.19 bits per heavy atom. The van der Waals surface area contributed by atoms with Gasteiger partial charge >= 0.3 is 0 Å². The van der Waals surface area contributed by atoms with E-state index in [4.69, 9.17) is 18.9 Å². The van der Waals surface area contributed by atoms with Crippen LogP contribution in [0.1, 0.15) is 37.7 Å². The van der Waals surface area contributed by atoms with E-state index in [1.807, 2.05) is 12.1 Å². The van der Waals surface area contributed by atoms with E-state index in [1.165, 1.54) is 32.4 Å². The van der Waals surface area contributed by atoms with E-state index in [-0.39, 0.29) is 5.54 Å². The molecule has 0 saturated carbocycles. The van der Waals surface area contributed by atoms with Gasteiger partial charge < -0.3 is 24.3 Å². The highest BCUT2D eigenvalue weighted by atomic mass is 16.5. The summed E-state index contributed by atoms with van der Waals surface area (Å²) in [7, 11) is 5.00. The van der Waals surface area contributed by atoms with Crippen LogP contribution in [0, 0.1) is 0 Å². The standard InChI is InChI=1S/C21H34N2O4/c1-24-18-14-20(26-3)19(25-2)13-17(18)15-22-16-21(7-11-27-12-8-21)23-9-5-4-6-10-23/h13-14,22H,4-12,15-16H2,1-3H3. The van der Waals surface area contributed by atoms with Crippen molar-refractivity contribution in [2.75, 3.05) is 54.2 Å². The van der Waals surface area contributed by atoms with Gasteiger partial charge in [-0.3, -0.25) is 4.90 Å². The Kier molecular flexibility index (Phi) is 7.21. The van der Waals surface area contributed by atoms with E-state index in [9.17, 15) is 0 Å². The number of piperidine rings is 1. The molecule has 2 fully saturated rings. The van der Waals surface area contributed by atoms with Crippen LogP contribution in [0.2, 0.25) is 0 Å². The third-order valence-corrected chi connectivity index (χ3v) is 6.01. The first kappa shape index (κ1) is 20.2. The Morgan fingerprint density at radius 1 is 0.926 bits per heavy atom. The summed E-state index contributed by atoms with van der Waals surface area (Å²) in [6.07, 6.45) is 6.18.